The van der Waals surface area contributed by atoms with Gasteiger partial charge in [-0.05, 0) is 40.0 Å². The van der Waals surface area contributed by atoms with Crippen molar-refractivity contribution in [1.29, 1.82) is 0 Å². The number of nitrogens with two attached hydrogens (primary N) is 1. The van der Waals surface area contributed by atoms with Crippen molar-refractivity contribution in [1.82, 2.24) is 0 Å². The number of nitrogens with one attached hydrogen (secondary N) is 1. The summed E-state index contributed by atoms with van der Waals surface area (Å²) in [5.41, 5.74) is 7.54. The van der Waals surface area contributed by atoms with Gasteiger partial charge in [-0.1, -0.05) is 32.5 Å². The SMILES string of the molecule is CCC(C)CNc1ccc(C(N)=S)cc1Br. The van der Waals surface area contributed by atoms with Crippen LogP contribution in [0.15, 0.2) is 22.7 Å². The fourth-order valence-electron chi connectivity index (χ4n) is 1.24. The maximum atomic E-state index is 5.57. The van der Waals surface area contributed by atoms with Gasteiger partial charge >= 0.3 is 0 Å². The van der Waals surface area contributed by atoms with Gasteiger partial charge in [-0.3, -0.25) is 0 Å². The van der Waals surface area contributed by atoms with Crippen LogP contribution in [0.1, 0.15) is 25.8 Å². The highest BCUT2D eigenvalue weighted by Crippen LogP contribution is 2.24. The summed E-state index contributed by atoms with van der Waals surface area (Å²) in [6.45, 7) is 5.39. The zero-order chi connectivity index (χ0) is 12.1. The summed E-state index contributed by atoms with van der Waals surface area (Å²) < 4.78 is 1.00. The van der Waals surface area contributed by atoms with Gasteiger partial charge in [-0.2, -0.15) is 0 Å². The van der Waals surface area contributed by atoms with Crippen LogP contribution in [0.5, 0.6) is 0 Å². The van der Waals surface area contributed by atoms with Gasteiger partial charge in [-0.15, -0.1) is 0 Å². The van der Waals surface area contributed by atoms with Crippen LogP contribution in [0, 0.1) is 5.92 Å². The summed E-state index contributed by atoms with van der Waals surface area (Å²) in [6.07, 6.45) is 1.18. The molecule has 0 bridgehead atoms. The van der Waals surface area contributed by atoms with Crippen molar-refractivity contribution < 1.29 is 0 Å². The number of halogens is 1. The molecule has 0 spiro atoms. The van der Waals surface area contributed by atoms with E-state index in [1.54, 1.807) is 0 Å². The number of rotatable bonds is 5. The lowest BCUT2D eigenvalue weighted by molar-refractivity contribution is 0.593. The third-order valence-electron chi connectivity index (χ3n) is 2.59. The van der Waals surface area contributed by atoms with Gasteiger partial charge in [0.15, 0.2) is 0 Å². The molecule has 0 aliphatic carbocycles. The normalized spacial score (nSPS) is 12.2. The summed E-state index contributed by atoms with van der Waals surface area (Å²) in [4.78, 5) is 0.425. The number of anilines is 1. The molecule has 3 N–H and O–H groups in total. The molecule has 1 aromatic rings. The van der Waals surface area contributed by atoms with Crippen molar-refractivity contribution >= 4 is 38.8 Å². The molecule has 0 aromatic heterocycles. The van der Waals surface area contributed by atoms with Crippen molar-refractivity contribution in [3.8, 4) is 0 Å². The Morgan fingerprint density at radius 1 is 1.56 bits per heavy atom. The molecular formula is C12H17BrN2S. The first-order chi connectivity index (χ1) is 7.54. The second-order valence-corrected chi connectivity index (χ2v) is 5.25. The quantitative estimate of drug-likeness (QED) is 0.817. The van der Waals surface area contributed by atoms with Crippen molar-refractivity contribution in [2.75, 3.05) is 11.9 Å². The van der Waals surface area contributed by atoms with E-state index in [9.17, 15) is 0 Å². The Morgan fingerprint density at radius 2 is 2.25 bits per heavy atom. The van der Waals surface area contributed by atoms with Crippen molar-refractivity contribution in [2.45, 2.75) is 20.3 Å². The van der Waals surface area contributed by atoms with Crippen LogP contribution < -0.4 is 11.1 Å². The van der Waals surface area contributed by atoms with E-state index in [0.29, 0.717) is 10.9 Å². The average molecular weight is 301 g/mol. The summed E-state index contributed by atoms with van der Waals surface area (Å²) in [5, 5.41) is 3.40. The zero-order valence-corrected chi connectivity index (χ0v) is 12.0. The van der Waals surface area contributed by atoms with Gasteiger partial charge in [0.2, 0.25) is 0 Å². The molecule has 88 valence electrons. The van der Waals surface area contributed by atoms with E-state index in [2.05, 4.69) is 35.1 Å². The smallest absolute Gasteiger partial charge is 0.104 e. The first-order valence-corrected chi connectivity index (χ1v) is 6.58. The first kappa shape index (κ1) is 13.5. The Balaban J connectivity index is 2.72. The Morgan fingerprint density at radius 3 is 2.75 bits per heavy atom. The van der Waals surface area contributed by atoms with Crippen LogP contribution in [0.3, 0.4) is 0 Å². The highest BCUT2D eigenvalue weighted by Gasteiger charge is 2.04. The summed E-state index contributed by atoms with van der Waals surface area (Å²) in [6, 6.07) is 5.88. The van der Waals surface area contributed by atoms with Crippen LogP contribution in [0.4, 0.5) is 5.69 Å². The molecular weight excluding hydrogens is 284 g/mol. The minimum atomic E-state index is 0.425. The van der Waals surface area contributed by atoms with E-state index in [0.717, 1.165) is 22.3 Å². The topological polar surface area (TPSA) is 38.0 Å². The van der Waals surface area contributed by atoms with E-state index < -0.39 is 0 Å². The number of hydrogen-bond donors (Lipinski definition) is 2. The molecule has 16 heavy (non-hydrogen) atoms. The zero-order valence-electron chi connectivity index (χ0n) is 9.59. The molecule has 0 saturated heterocycles. The molecule has 1 unspecified atom stereocenters. The van der Waals surface area contributed by atoms with Crippen LogP contribution in [-0.2, 0) is 0 Å². The molecule has 1 atom stereocenters. The lowest BCUT2D eigenvalue weighted by atomic mass is 10.1. The first-order valence-electron chi connectivity index (χ1n) is 5.37. The predicted molar refractivity (Wildman–Crippen MR) is 78.0 cm³/mol. The number of thiocarbonyl (C=S) groups is 1. The molecule has 1 aromatic carbocycles. The molecule has 0 aliphatic heterocycles. The van der Waals surface area contributed by atoms with Gasteiger partial charge < -0.3 is 11.1 Å². The Bertz CT molecular complexity index is 379. The lowest BCUT2D eigenvalue weighted by Crippen LogP contribution is -2.12. The van der Waals surface area contributed by atoms with Gasteiger partial charge in [0, 0.05) is 22.3 Å². The van der Waals surface area contributed by atoms with Crippen LogP contribution >= 0.6 is 28.1 Å². The second kappa shape index (κ2) is 6.21. The predicted octanol–water partition coefficient (Wildman–Crippen LogP) is 3.54. The maximum Gasteiger partial charge on any atom is 0.104 e. The largest absolute Gasteiger partial charge is 0.389 e. The molecule has 0 fully saturated rings. The molecule has 0 radical (unpaired) electrons. The standard InChI is InChI=1S/C12H17BrN2S/c1-3-8(2)7-15-11-5-4-9(12(14)16)6-10(11)13/h4-6,8,15H,3,7H2,1-2H3,(H2,14,16). The van der Waals surface area contributed by atoms with E-state index >= 15 is 0 Å². The minimum Gasteiger partial charge on any atom is -0.389 e. The van der Waals surface area contributed by atoms with E-state index in [1.807, 2.05) is 18.2 Å². The molecule has 4 heteroatoms. The third-order valence-corrected chi connectivity index (χ3v) is 3.48. The monoisotopic (exact) mass is 300 g/mol. The fraction of sp³-hybridized carbons (Fsp3) is 0.417. The Kier molecular flexibility index (Phi) is 5.22. The van der Waals surface area contributed by atoms with Gasteiger partial charge in [0.05, 0.1) is 0 Å². The molecule has 1 rings (SSSR count). The minimum absolute atomic E-state index is 0.425. The third kappa shape index (κ3) is 3.76. The van der Waals surface area contributed by atoms with Crippen molar-refractivity contribution in [3.63, 3.8) is 0 Å². The number of benzene rings is 1. The highest BCUT2D eigenvalue weighted by molar-refractivity contribution is 9.10. The molecule has 0 aliphatic rings. The van der Waals surface area contributed by atoms with E-state index in [1.165, 1.54) is 6.42 Å². The second-order valence-electron chi connectivity index (χ2n) is 3.95. The van der Waals surface area contributed by atoms with Gasteiger partial charge in [0.25, 0.3) is 0 Å². The van der Waals surface area contributed by atoms with E-state index in [-0.39, 0.29) is 0 Å². The fourth-order valence-corrected chi connectivity index (χ4v) is 1.89. The lowest BCUT2D eigenvalue weighted by Gasteiger charge is -2.13. The Labute approximate surface area is 111 Å². The van der Waals surface area contributed by atoms with Crippen LogP contribution in [0.25, 0.3) is 0 Å². The van der Waals surface area contributed by atoms with Gasteiger partial charge in [0.1, 0.15) is 4.99 Å². The summed E-state index contributed by atoms with van der Waals surface area (Å²) >= 11 is 8.44. The molecule has 2 nitrogen and oxygen atoms in total. The van der Waals surface area contributed by atoms with Crippen LogP contribution in [0.2, 0.25) is 0 Å². The molecule has 0 amide bonds. The van der Waals surface area contributed by atoms with Gasteiger partial charge in [-0.25, -0.2) is 0 Å². The summed E-state index contributed by atoms with van der Waals surface area (Å²) in [5.74, 6) is 0.669. The van der Waals surface area contributed by atoms with Crippen LogP contribution in [-0.4, -0.2) is 11.5 Å². The van der Waals surface area contributed by atoms with Crippen molar-refractivity contribution in [3.05, 3.63) is 28.2 Å². The average Bonchev–Trinajstić information content (AvgIpc) is 2.26. The number of hydrogen-bond acceptors (Lipinski definition) is 2. The van der Waals surface area contributed by atoms with Crippen molar-refractivity contribution in [2.24, 2.45) is 11.7 Å². The molecule has 0 heterocycles. The molecule has 0 saturated carbocycles. The Hall–Kier alpha value is -0.610. The highest BCUT2D eigenvalue weighted by atomic mass is 79.9. The van der Waals surface area contributed by atoms with E-state index in [4.69, 9.17) is 18.0 Å². The maximum absolute atomic E-state index is 5.57. The summed E-state index contributed by atoms with van der Waals surface area (Å²) in [7, 11) is 0.